The van der Waals surface area contributed by atoms with Crippen LogP contribution in [0.25, 0.3) is 5.57 Å². The molecule has 0 spiro atoms. The minimum atomic E-state index is -0.830. The zero-order chi connectivity index (χ0) is 20.4. The summed E-state index contributed by atoms with van der Waals surface area (Å²) < 4.78 is 41.2. The maximum Gasteiger partial charge on any atom is 0.251 e. The van der Waals surface area contributed by atoms with Crippen molar-refractivity contribution in [2.45, 2.75) is 20.3 Å². The van der Waals surface area contributed by atoms with Crippen LogP contribution in [-0.2, 0) is 4.79 Å². The fourth-order valence-electron chi connectivity index (χ4n) is 3.24. The summed E-state index contributed by atoms with van der Waals surface area (Å²) in [6.07, 6.45) is 2.37. The smallest absolute Gasteiger partial charge is 0.251 e. The van der Waals surface area contributed by atoms with Crippen LogP contribution < -0.4 is 10.2 Å². The molecule has 0 aliphatic carbocycles. The first-order valence-corrected chi connectivity index (χ1v) is 8.92. The zero-order valence-electron chi connectivity index (χ0n) is 15.9. The number of anilines is 2. The molecule has 0 unspecified atom stereocenters. The van der Waals surface area contributed by atoms with Gasteiger partial charge in [0.2, 0.25) is 0 Å². The Labute approximate surface area is 162 Å². The number of hydrogen-bond acceptors (Lipinski definition) is 2. The Bertz CT molecular complexity index is 975. The molecule has 1 amide bonds. The van der Waals surface area contributed by atoms with Crippen LogP contribution in [0.1, 0.15) is 25.8 Å². The molecule has 1 heterocycles. The molecule has 2 aromatic carbocycles. The minimum absolute atomic E-state index is 0.306. The normalized spacial score (nSPS) is 14.6. The fraction of sp³-hybridized carbons (Fsp3) is 0.227. The number of carbonyl (C=O) groups is 1. The highest BCUT2D eigenvalue weighted by Crippen LogP contribution is 2.34. The highest BCUT2D eigenvalue weighted by atomic mass is 19.1. The van der Waals surface area contributed by atoms with Gasteiger partial charge in [-0.3, -0.25) is 4.79 Å². The van der Waals surface area contributed by atoms with E-state index in [1.54, 1.807) is 19.1 Å². The van der Waals surface area contributed by atoms with Crippen LogP contribution in [0.4, 0.5) is 24.5 Å². The molecule has 3 rings (SSSR count). The van der Waals surface area contributed by atoms with Crippen LogP contribution in [-0.4, -0.2) is 19.5 Å². The van der Waals surface area contributed by atoms with Crippen molar-refractivity contribution in [1.29, 1.82) is 0 Å². The van der Waals surface area contributed by atoms with E-state index in [0.717, 1.165) is 34.5 Å². The standard InChI is InChI=1S/C22H21F3N2O/c1-13(22(28)26-21-18(24)5-4-6-19(21)25)11-15-9-10-27(3)20-12-16(23)7-8-17(20)14(15)2/h4-8,11-12H,9-10H2,1-3H3,(H,26,28)/b13-11+. The van der Waals surface area contributed by atoms with Gasteiger partial charge in [-0.15, -0.1) is 0 Å². The Morgan fingerprint density at radius 3 is 2.50 bits per heavy atom. The second-order valence-corrected chi connectivity index (χ2v) is 6.86. The second-order valence-electron chi connectivity index (χ2n) is 6.86. The summed E-state index contributed by atoms with van der Waals surface area (Å²) in [6, 6.07) is 8.03. The van der Waals surface area contributed by atoms with Gasteiger partial charge in [-0.1, -0.05) is 12.1 Å². The molecule has 1 N–H and O–H groups in total. The number of amides is 1. The molecule has 3 nitrogen and oxygen atoms in total. The van der Waals surface area contributed by atoms with E-state index < -0.39 is 23.2 Å². The van der Waals surface area contributed by atoms with Crippen molar-refractivity contribution in [3.63, 3.8) is 0 Å². The largest absolute Gasteiger partial charge is 0.374 e. The van der Waals surface area contributed by atoms with Gasteiger partial charge in [0.05, 0.1) is 0 Å². The first kappa shape index (κ1) is 19.7. The van der Waals surface area contributed by atoms with Crippen molar-refractivity contribution in [1.82, 2.24) is 0 Å². The number of benzene rings is 2. The summed E-state index contributed by atoms with van der Waals surface area (Å²) in [5.41, 5.74) is 3.39. The Hall–Kier alpha value is -3.02. The van der Waals surface area contributed by atoms with Gasteiger partial charge in [0.15, 0.2) is 0 Å². The number of para-hydroxylation sites is 1. The number of nitrogens with one attached hydrogen (secondary N) is 1. The van der Waals surface area contributed by atoms with E-state index in [1.807, 2.05) is 18.9 Å². The van der Waals surface area contributed by atoms with Crippen molar-refractivity contribution in [2.24, 2.45) is 0 Å². The van der Waals surface area contributed by atoms with Crippen LogP contribution in [0.5, 0.6) is 0 Å². The topological polar surface area (TPSA) is 32.3 Å². The Balaban J connectivity index is 1.92. The van der Waals surface area contributed by atoms with Gasteiger partial charge in [0.25, 0.3) is 5.91 Å². The molecule has 0 aromatic heterocycles. The van der Waals surface area contributed by atoms with Gasteiger partial charge in [-0.05, 0) is 61.7 Å². The molecule has 1 aliphatic rings. The Morgan fingerprint density at radius 1 is 1.14 bits per heavy atom. The lowest BCUT2D eigenvalue weighted by Gasteiger charge is -2.19. The number of nitrogens with zero attached hydrogens (tertiary/aromatic N) is 1. The van der Waals surface area contributed by atoms with Gasteiger partial charge in [-0.25, -0.2) is 13.2 Å². The first-order valence-electron chi connectivity index (χ1n) is 8.92. The molecule has 0 fully saturated rings. The minimum Gasteiger partial charge on any atom is -0.374 e. The molecular weight excluding hydrogens is 365 g/mol. The van der Waals surface area contributed by atoms with Gasteiger partial charge in [0.1, 0.15) is 23.1 Å². The molecule has 0 radical (unpaired) electrons. The summed E-state index contributed by atoms with van der Waals surface area (Å²) in [5, 5.41) is 2.29. The van der Waals surface area contributed by atoms with Crippen LogP contribution in [0.2, 0.25) is 0 Å². The SMILES string of the molecule is CC1=C(/C=C(\C)C(=O)Nc2c(F)cccc2F)CCN(C)c2cc(F)ccc21. The summed E-state index contributed by atoms with van der Waals surface area (Å²) >= 11 is 0. The van der Waals surface area contributed by atoms with Crippen molar-refractivity contribution < 1.29 is 18.0 Å². The van der Waals surface area contributed by atoms with Crippen LogP contribution in [0.15, 0.2) is 53.6 Å². The molecule has 1 aliphatic heterocycles. The van der Waals surface area contributed by atoms with Crippen molar-refractivity contribution in [2.75, 3.05) is 23.8 Å². The van der Waals surface area contributed by atoms with Crippen LogP contribution in [0, 0.1) is 17.5 Å². The summed E-state index contributed by atoms with van der Waals surface area (Å²) in [6.45, 7) is 4.16. The summed E-state index contributed by atoms with van der Waals surface area (Å²) in [4.78, 5) is 14.4. The number of halogens is 3. The Morgan fingerprint density at radius 2 is 1.82 bits per heavy atom. The third-order valence-corrected chi connectivity index (χ3v) is 4.92. The molecule has 0 saturated carbocycles. The first-order chi connectivity index (χ1) is 13.3. The van der Waals surface area contributed by atoms with Crippen LogP contribution >= 0.6 is 0 Å². The molecule has 2 aromatic rings. The van der Waals surface area contributed by atoms with E-state index in [1.165, 1.54) is 18.2 Å². The van der Waals surface area contributed by atoms with E-state index in [0.29, 0.717) is 18.5 Å². The molecule has 0 atom stereocenters. The number of carbonyl (C=O) groups excluding carboxylic acids is 1. The predicted octanol–water partition coefficient (Wildman–Crippen LogP) is 5.30. The average Bonchev–Trinajstić information content (AvgIpc) is 2.76. The lowest BCUT2D eigenvalue weighted by molar-refractivity contribution is -0.112. The molecule has 28 heavy (non-hydrogen) atoms. The average molecular weight is 386 g/mol. The predicted molar refractivity (Wildman–Crippen MR) is 106 cm³/mol. The maximum atomic E-state index is 13.8. The fourth-order valence-corrected chi connectivity index (χ4v) is 3.24. The van der Waals surface area contributed by atoms with E-state index >= 15 is 0 Å². The molecular formula is C22H21F3N2O. The summed E-state index contributed by atoms with van der Waals surface area (Å²) in [5.74, 6) is -2.55. The number of hydrogen-bond donors (Lipinski definition) is 1. The number of allylic oxidation sites excluding steroid dienone is 2. The third-order valence-electron chi connectivity index (χ3n) is 4.92. The monoisotopic (exact) mass is 386 g/mol. The van der Waals surface area contributed by atoms with Crippen molar-refractivity contribution in [3.8, 4) is 0 Å². The summed E-state index contributed by atoms with van der Waals surface area (Å²) in [7, 11) is 1.89. The lowest BCUT2D eigenvalue weighted by Crippen LogP contribution is -2.18. The molecule has 0 bridgehead atoms. The van der Waals surface area contributed by atoms with Crippen molar-refractivity contribution in [3.05, 3.63) is 76.6 Å². The van der Waals surface area contributed by atoms with Crippen molar-refractivity contribution >= 4 is 22.9 Å². The zero-order valence-corrected chi connectivity index (χ0v) is 15.9. The molecule has 0 saturated heterocycles. The van der Waals surface area contributed by atoms with E-state index in [4.69, 9.17) is 0 Å². The highest BCUT2D eigenvalue weighted by molar-refractivity contribution is 6.04. The van der Waals surface area contributed by atoms with Crippen LogP contribution in [0.3, 0.4) is 0 Å². The van der Waals surface area contributed by atoms with E-state index in [2.05, 4.69) is 5.32 Å². The Kier molecular flexibility index (Phi) is 5.58. The van der Waals surface area contributed by atoms with Gasteiger partial charge >= 0.3 is 0 Å². The molecule has 6 heteroatoms. The van der Waals surface area contributed by atoms with Gasteiger partial charge in [-0.2, -0.15) is 0 Å². The number of fused-ring (bicyclic) bond motifs is 1. The molecule has 146 valence electrons. The quantitative estimate of drug-likeness (QED) is 0.726. The second kappa shape index (κ2) is 7.92. The van der Waals surface area contributed by atoms with E-state index in [9.17, 15) is 18.0 Å². The van der Waals surface area contributed by atoms with E-state index in [-0.39, 0.29) is 5.82 Å². The third kappa shape index (κ3) is 3.96. The maximum absolute atomic E-state index is 13.8. The number of rotatable bonds is 3. The van der Waals surface area contributed by atoms with Gasteiger partial charge < -0.3 is 10.2 Å². The van der Waals surface area contributed by atoms with Gasteiger partial charge in [0, 0.05) is 30.4 Å². The lowest BCUT2D eigenvalue weighted by atomic mass is 9.97. The highest BCUT2D eigenvalue weighted by Gasteiger charge is 2.19.